The highest BCUT2D eigenvalue weighted by molar-refractivity contribution is 8.00. The van der Waals surface area contributed by atoms with Crippen molar-refractivity contribution in [1.29, 1.82) is 0 Å². The number of nitrogens with two attached hydrogens (primary N) is 1. The molecule has 0 aliphatic rings. The molecule has 0 aliphatic heterocycles. The quantitative estimate of drug-likeness (QED) is 0.748. The molecule has 1 aromatic carbocycles. The highest BCUT2D eigenvalue weighted by Gasteiger charge is 2.05. The Hall–Kier alpha value is -1.86. The molecule has 108 valence electrons. The van der Waals surface area contributed by atoms with E-state index in [0.717, 1.165) is 27.2 Å². The largest absolute Gasteiger partial charge is 0.374 e. The lowest BCUT2D eigenvalue weighted by molar-refractivity contribution is 0.833. The number of thioether (sulfide) groups is 1. The summed E-state index contributed by atoms with van der Waals surface area (Å²) in [5.74, 6) is 0.853. The molecule has 3 aromatic rings. The van der Waals surface area contributed by atoms with Gasteiger partial charge >= 0.3 is 0 Å². The molecule has 7 heteroatoms. The summed E-state index contributed by atoms with van der Waals surface area (Å²) in [7, 11) is 0. The van der Waals surface area contributed by atoms with Crippen LogP contribution in [-0.4, -0.2) is 20.0 Å². The van der Waals surface area contributed by atoms with Crippen molar-refractivity contribution in [3.63, 3.8) is 0 Å². The molecule has 0 atom stereocenters. The summed E-state index contributed by atoms with van der Waals surface area (Å²) in [6.45, 7) is 4.06. The molecule has 3 rings (SSSR count). The predicted octanol–water partition coefficient (Wildman–Crippen LogP) is 3.22. The molecule has 5 nitrogen and oxygen atoms in total. The first-order valence-electron chi connectivity index (χ1n) is 6.46. The molecule has 0 radical (unpaired) electrons. The van der Waals surface area contributed by atoms with E-state index in [-0.39, 0.29) is 0 Å². The van der Waals surface area contributed by atoms with Gasteiger partial charge in [0, 0.05) is 11.4 Å². The van der Waals surface area contributed by atoms with Gasteiger partial charge in [-0.15, -0.1) is 10.2 Å². The molecule has 2 heterocycles. The zero-order valence-electron chi connectivity index (χ0n) is 11.8. The SMILES string of the molecule is Cc1cc(C)n(-c2ccc(CSc3nnc(N)s3)cc2)n1. The third-order valence-electron chi connectivity index (χ3n) is 2.97. The molecule has 0 fully saturated rings. The monoisotopic (exact) mass is 317 g/mol. The van der Waals surface area contributed by atoms with Crippen LogP contribution in [0.2, 0.25) is 0 Å². The van der Waals surface area contributed by atoms with Crippen LogP contribution >= 0.6 is 23.1 Å². The summed E-state index contributed by atoms with van der Waals surface area (Å²) in [5.41, 5.74) is 10.0. The number of aromatic nitrogens is 4. The number of benzene rings is 1. The second-order valence-corrected chi connectivity index (χ2v) is 6.93. The molecule has 21 heavy (non-hydrogen) atoms. The van der Waals surface area contributed by atoms with E-state index in [9.17, 15) is 0 Å². The van der Waals surface area contributed by atoms with Crippen LogP contribution in [0.5, 0.6) is 0 Å². The molecule has 0 aliphatic carbocycles. The van der Waals surface area contributed by atoms with E-state index < -0.39 is 0 Å². The van der Waals surface area contributed by atoms with Crippen LogP contribution < -0.4 is 5.73 Å². The van der Waals surface area contributed by atoms with Gasteiger partial charge in [-0.3, -0.25) is 0 Å². The van der Waals surface area contributed by atoms with E-state index >= 15 is 0 Å². The van der Waals surface area contributed by atoms with Gasteiger partial charge in [-0.1, -0.05) is 35.2 Å². The maximum atomic E-state index is 5.57. The van der Waals surface area contributed by atoms with Crippen LogP contribution in [0.15, 0.2) is 34.7 Å². The van der Waals surface area contributed by atoms with Crippen LogP contribution in [-0.2, 0) is 5.75 Å². The minimum atomic E-state index is 0.511. The minimum absolute atomic E-state index is 0.511. The van der Waals surface area contributed by atoms with Crippen LogP contribution in [0.4, 0.5) is 5.13 Å². The summed E-state index contributed by atoms with van der Waals surface area (Å²) in [6.07, 6.45) is 0. The van der Waals surface area contributed by atoms with Gasteiger partial charge in [0.1, 0.15) is 0 Å². The molecule has 0 unspecified atom stereocenters. The fraction of sp³-hybridized carbons (Fsp3) is 0.214. The van der Waals surface area contributed by atoms with Crippen molar-refractivity contribution in [3.8, 4) is 5.69 Å². The average molecular weight is 317 g/mol. The number of nitrogen functional groups attached to an aromatic ring is 1. The van der Waals surface area contributed by atoms with Crippen molar-refractivity contribution >= 4 is 28.2 Å². The summed E-state index contributed by atoms with van der Waals surface area (Å²) < 4.78 is 2.85. The van der Waals surface area contributed by atoms with Crippen LogP contribution in [0, 0.1) is 13.8 Å². The van der Waals surface area contributed by atoms with E-state index in [4.69, 9.17) is 5.73 Å². The first kappa shape index (κ1) is 14.1. The Balaban J connectivity index is 1.70. The average Bonchev–Trinajstić information content (AvgIpc) is 3.03. The fourth-order valence-electron chi connectivity index (χ4n) is 2.05. The Morgan fingerprint density at radius 1 is 1.19 bits per heavy atom. The Morgan fingerprint density at radius 3 is 2.52 bits per heavy atom. The molecule has 2 aromatic heterocycles. The van der Waals surface area contributed by atoms with Gasteiger partial charge < -0.3 is 5.73 Å². The maximum absolute atomic E-state index is 5.57. The molecule has 0 saturated heterocycles. The minimum Gasteiger partial charge on any atom is -0.374 e. The van der Waals surface area contributed by atoms with Gasteiger partial charge in [0.05, 0.1) is 11.4 Å². The lowest BCUT2D eigenvalue weighted by Crippen LogP contribution is -1.98. The van der Waals surface area contributed by atoms with E-state index in [1.807, 2.05) is 11.6 Å². The Labute approximate surface area is 131 Å². The first-order chi connectivity index (χ1) is 10.1. The van der Waals surface area contributed by atoms with Gasteiger partial charge in [-0.25, -0.2) is 4.68 Å². The number of anilines is 1. The smallest absolute Gasteiger partial charge is 0.203 e. The summed E-state index contributed by atoms with van der Waals surface area (Å²) >= 11 is 3.06. The van der Waals surface area contributed by atoms with Crippen molar-refractivity contribution < 1.29 is 0 Å². The number of hydrogen-bond donors (Lipinski definition) is 1. The molecule has 0 bridgehead atoms. The highest BCUT2D eigenvalue weighted by Crippen LogP contribution is 2.27. The van der Waals surface area contributed by atoms with Gasteiger partial charge in [-0.05, 0) is 37.6 Å². The molecule has 0 amide bonds. The van der Waals surface area contributed by atoms with Crippen LogP contribution in [0.25, 0.3) is 5.69 Å². The normalized spacial score (nSPS) is 11.0. The Morgan fingerprint density at radius 2 is 1.95 bits per heavy atom. The van der Waals surface area contributed by atoms with Crippen molar-refractivity contribution in [1.82, 2.24) is 20.0 Å². The van der Waals surface area contributed by atoms with E-state index in [1.165, 1.54) is 16.9 Å². The molecule has 2 N–H and O–H groups in total. The zero-order chi connectivity index (χ0) is 14.8. The van der Waals surface area contributed by atoms with Gasteiger partial charge in [0.15, 0.2) is 4.34 Å². The van der Waals surface area contributed by atoms with Crippen LogP contribution in [0.3, 0.4) is 0 Å². The van der Waals surface area contributed by atoms with E-state index in [1.54, 1.807) is 11.8 Å². The molecule has 0 spiro atoms. The maximum Gasteiger partial charge on any atom is 0.203 e. The second kappa shape index (κ2) is 5.87. The lowest BCUT2D eigenvalue weighted by Gasteiger charge is -2.05. The van der Waals surface area contributed by atoms with Crippen molar-refractivity contribution in [2.24, 2.45) is 0 Å². The standard InChI is InChI=1S/C14H15N5S2/c1-9-7-10(2)19(18-9)12-5-3-11(4-6-12)8-20-14-17-16-13(15)21-14/h3-7H,8H2,1-2H3,(H2,15,16). The number of aryl methyl sites for hydroxylation is 2. The van der Waals surface area contributed by atoms with E-state index in [0.29, 0.717) is 5.13 Å². The highest BCUT2D eigenvalue weighted by atomic mass is 32.2. The summed E-state index contributed by atoms with van der Waals surface area (Å²) in [6, 6.07) is 10.5. The Kier molecular flexibility index (Phi) is 3.94. The molecule has 0 saturated carbocycles. The summed E-state index contributed by atoms with van der Waals surface area (Å²) in [4.78, 5) is 0. The van der Waals surface area contributed by atoms with Crippen LogP contribution in [0.1, 0.15) is 17.0 Å². The molecular formula is C14H15N5S2. The third-order valence-corrected chi connectivity index (χ3v) is 4.93. The first-order valence-corrected chi connectivity index (χ1v) is 8.26. The van der Waals surface area contributed by atoms with Gasteiger partial charge in [0.2, 0.25) is 5.13 Å². The Bertz CT molecular complexity index is 745. The number of hydrogen-bond acceptors (Lipinski definition) is 6. The number of nitrogens with zero attached hydrogens (tertiary/aromatic N) is 4. The molecular weight excluding hydrogens is 302 g/mol. The number of rotatable bonds is 4. The van der Waals surface area contributed by atoms with Gasteiger partial charge in [0.25, 0.3) is 0 Å². The van der Waals surface area contributed by atoms with E-state index in [2.05, 4.69) is 52.6 Å². The van der Waals surface area contributed by atoms with Crippen molar-refractivity contribution in [3.05, 3.63) is 47.3 Å². The third kappa shape index (κ3) is 3.25. The zero-order valence-corrected chi connectivity index (χ0v) is 13.4. The second-order valence-electron chi connectivity index (χ2n) is 4.70. The fourth-order valence-corrected chi connectivity index (χ4v) is 3.64. The van der Waals surface area contributed by atoms with Crippen molar-refractivity contribution in [2.45, 2.75) is 23.9 Å². The predicted molar refractivity (Wildman–Crippen MR) is 86.9 cm³/mol. The lowest BCUT2D eigenvalue weighted by atomic mass is 10.2. The van der Waals surface area contributed by atoms with Gasteiger partial charge in [-0.2, -0.15) is 5.10 Å². The van der Waals surface area contributed by atoms with Crippen molar-refractivity contribution in [2.75, 3.05) is 5.73 Å². The summed E-state index contributed by atoms with van der Waals surface area (Å²) in [5, 5.41) is 12.8. The topological polar surface area (TPSA) is 69.6 Å².